The first-order chi connectivity index (χ1) is 9.11. The van der Waals surface area contributed by atoms with Crippen molar-refractivity contribution in [1.29, 1.82) is 0 Å². The van der Waals surface area contributed by atoms with E-state index >= 15 is 0 Å². The summed E-state index contributed by atoms with van der Waals surface area (Å²) in [6, 6.07) is 10.2. The van der Waals surface area contributed by atoms with Crippen LogP contribution in [0.15, 0.2) is 30.3 Å². The highest BCUT2D eigenvalue weighted by Gasteiger charge is 2.36. The van der Waals surface area contributed by atoms with Gasteiger partial charge in [0, 0.05) is 25.6 Å². The number of carbonyl (C=O) groups is 2. The van der Waals surface area contributed by atoms with Crippen LogP contribution >= 0.6 is 0 Å². The van der Waals surface area contributed by atoms with Crippen LogP contribution < -0.4 is 0 Å². The molecular weight excluding hydrogens is 242 g/mol. The number of likely N-dealkylation sites (tertiary alicyclic amines) is 1. The topological polar surface area (TPSA) is 46.6 Å². The second-order valence-corrected chi connectivity index (χ2v) is 5.01. The number of benzene rings is 1. The Morgan fingerprint density at radius 1 is 1.37 bits per heavy atom. The predicted octanol–water partition coefficient (Wildman–Crippen LogP) is 1.64. The summed E-state index contributed by atoms with van der Waals surface area (Å²) in [5, 5.41) is 0. The molecule has 1 saturated heterocycles. The third-order valence-electron chi connectivity index (χ3n) is 3.64. The number of piperidine rings is 1. The van der Waals surface area contributed by atoms with Gasteiger partial charge < -0.3 is 4.74 Å². The highest BCUT2D eigenvalue weighted by Crippen LogP contribution is 2.22. The molecule has 2 rings (SSSR count). The molecule has 2 atom stereocenters. The minimum absolute atomic E-state index is 0.0105. The lowest BCUT2D eigenvalue weighted by molar-refractivity contribution is -0.152. The van der Waals surface area contributed by atoms with Crippen LogP contribution in [-0.2, 0) is 20.9 Å². The number of rotatable bonds is 3. The second-order valence-electron chi connectivity index (χ2n) is 5.01. The summed E-state index contributed by atoms with van der Waals surface area (Å²) in [5.41, 5.74) is 1.19. The molecule has 0 aromatic heterocycles. The van der Waals surface area contributed by atoms with Gasteiger partial charge in [-0.3, -0.25) is 14.5 Å². The highest BCUT2D eigenvalue weighted by molar-refractivity contribution is 6.00. The van der Waals surface area contributed by atoms with Crippen molar-refractivity contribution in [2.24, 2.45) is 5.92 Å². The molecule has 1 aliphatic heterocycles. The predicted molar refractivity (Wildman–Crippen MR) is 71.4 cm³/mol. The van der Waals surface area contributed by atoms with Gasteiger partial charge in [0.05, 0.1) is 7.11 Å². The molecule has 0 amide bonds. The Morgan fingerprint density at radius 3 is 2.68 bits per heavy atom. The number of carbonyl (C=O) groups excluding carboxylic acids is 2. The summed E-state index contributed by atoms with van der Waals surface area (Å²) >= 11 is 0. The zero-order chi connectivity index (χ0) is 13.8. The van der Waals surface area contributed by atoms with Gasteiger partial charge in [0.15, 0.2) is 0 Å². The molecule has 1 heterocycles. The quantitative estimate of drug-likeness (QED) is 0.613. The average Bonchev–Trinajstić information content (AvgIpc) is 2.42. The molecule has 1 aromatic carbocycles. The molecular formula is C15H19NO3. The standard InChI is InChI=1S/C15H19NO3/c1-11-8-14(17)13(15(18)19-2)10-16(11)9-12-6-4-3-5-7-12/h3-7,11,13H,8-10H2,1-2H3/t11-,13?/m1/s1. The minimum atomic E-state index is -0.634. The van der Waals surface area contributed by atoms with Gasteiger partial charge in [0.1, 0.15) is 11.7 Å². The van der Waals surface area contributed by atoms with Crippen LogP contribution in [-0.4, -0.2) is 36.3 Å². The van der Waals surface area contributed by atoms with Crippen LogP contribution in [0, 0.1) is 5.92 Å². The Kier molecular flexibility index (Phi) is 4.32. The number of methoxy groups -OCH3 is 1. The zero-order valence-corrected chi connectivity index (χ0v) is 11.3. The lowest BCUT2D eigenvalue weighted by Gasteiger charge is -2.35. The van der Waals surface area contributed by atoms with Crippen molar-refractivity contribution in [1.82, 2.24) is 4.90 Å². The summed E-state index contributed by atoms with van der Waals surface area (Å²) in [7, 11) is 1.33. The van der Waals surface area contributed by atoms with Crippen molar-refractivity contribution in [3.63, 3.8) is 0 Å². The SMILES string of the molecule is COC(=O)C1CN(Cc2ccccc2)[C@H](C)CC1=O. The molecule has 0 spiro atoms. The van der Waals surface area contributed by atoms with Crippen molar-refractivity contribution >= 4 is 11.8 Å². The molecule has 0 saturated carbocycles. The summed E-state index contributed by atoms with van der Waals surface area (Å²) in [6.45, 7) is 3.22. The monoisotopic (exact) mass is 261 g/mol. The normalized spacial score (nSPS) is 24.2. The van der Waals surface area contributed by atoms with Crippen molar-refractivity contribution < 1.29 is 14.3 Å². The molecule has 4 heteroatoms. The smallest absolute Gasteiger partial charge is 0.317 e. The molecule has 0 bridgehead atoms. The van der Waals surface area contributed by atoms with E-state index in [-0.39, 0.29) is 11.8 Å². The first-order valence-corrected chi connectivity index (χ1v) is 6.50. The molecule has 1 fully saturated rings. The molecule has 1 unspecified atom stereocenters. The van der Waals surface area contributed by atoms with Gasteiger partial charge in [-0.2, -0.15) is 0 Å². The van der Waals surface area contributed by atoms with Gasteiger partial charge in [-0.1, -0.05) is 30.3 Å². The van der Waals surface area contributed by atoms with Crippen LogP contribution in [0.1, 0.15) is 18.9 Å². The van der Waals surface area contributed by atoms with E-state index in [4.69, 9.17) is 4.74 Å². The summed E-state index contributed by atoms with van der Waals surface area (Å²) in [6.07, 6.45) is 0.409. The Labute approximate surface area is 113 Å². The lowest BCUT2D eigenvalue weighted by atomic mass is 9.91. The molecule has 0 radical (unpaired) electrons. The van der Waals surface area contributed by atoms with E-state index in [0.717, 1.165) is 6.54 Å². The molecule has 4 nitrogen and oxygen atoms in total. The first-order valence-electron chi connectivity index (χ1n) is 6.50. The van der Waals surface area contributed by atoms with E-state index in [1.807, 2.05) is 25.1 Å². The summed E-state index contributed by atoms with van der Waals surface area (Å²) < 4.78 is 4.71. The second kappa shape index (κ2) is 5.97. The largest absolute Gasteiger partial charge is 0.468 e. The average molecular weight is 261 g/mol. The van der Waals surface area contributed by atoms with Crippen LogP contribution in [0.4, 0.5) is 0 Å². The van der Waals surface area contributed by atoms with Crippen LogP contribution in [0.25, 0.3) is 0 Å². The Balaban J connectivity index is 2.08. The van der Waals surface area contributed by atoms with Crippen LogP contribution in [0.2, 0.25) is 0 Å². The maximum Gasteiger partial charge on any atom is 0.317 e. The van der Waals surface area contributed by atoms with E-state index in [1.54, 1.807) is 0 Å². The van der Waals surface area contributed by atoms with Crippen LogP contribution in [0.3, 0.4) is 0 Å². The molecule has 1 aromatic rings. The van der Waals surface area contributed by atoms with E-state index in [1.165, 1.54) is 12.7 Å². The van der Waals surface area contributed by atoms with Crippen molar-refractivity contribution in [2.75, 3.05) is 13.7 Å². The molecule has 0 aliphatic carbocycles. The maximum atomic E-state index is 11.9. The maximum absolute atomic E-state index is 11.9. The third kappa shape index (κ3) is 3.20. The van der Waals surface area contributed by atoms with Crippen LogP contribution in [0.5, 0.6) is 0 Å². The van der Waals surface area contributed by atoms with Gasteiger partial charge in [0.25, 0.3) is 0 Å². The fraction of sp³-hybridized carbons (Fsp3) is 0.467. The Hall–Kier alpha value is -1.68. The van der Waals surface area contributed by atoms with Gasteiger partial charge in [-0.25, -0.2) is 0 Å². The summed E-state index contributed by atoms with van der Waals surface area (Å²) in [4.78, 5) is 25.7. The van der Waals surface area contributed by atoms with Gasteiger partial charge >= 0.3 is 5.97 Å². The zero-order valence-electron chi connectivity index (χ0n) is 11.3. The Bertz CT molecular complexity index is 458. The number of nitrogens with zero attached hydrogens (tertiary/aromatic N) is 1. The minimum Gasteiger partial charge on any atom is -0.468 e. The molecule has 0 N–H and O–H groups in total. The van der Waals surface area contributed by atoms with Crippen molar-refractivity contribution in [3.05, 3.63) is 35.9 Å². The van der Waals surface area contributed by atoms with Gasteiger partial charge in [-0.15, -0.1) is 0 Å². The van der Waals surface area contributed by atoms with E-state index in [2.05, 4.69) is 17.0 Å². The highest BCUT2D eigenvalue weighted by atomic mass is 16.5. The fourth-order valence-corrected chi connectivity index (χ4v) is 2.47. The summed E-state index contributed by atoms with van der Waals surface area (Å²) in [5.74, 6) is -1.07. The number of esters is 1. The number of hydrogen-bond donors (Lipinski definition) is 0. The van der Waals surface area contributed by atoms with E-state index in [9.17, 15) is 9.59 Å². The fourth-order valence-electron chi connectivity index (χ4n) is 2.47. The number of hydrogen-bond acceptors (Lipinski definition) is 4. The number of ketones is 1. The molecule has 1 aliphatic rings. The number of ether oxygens (including phenoxy) is 1. The van der Waals surface area contributed by atoms with Crippen molar-refractivity contribution in [3.8, 4) is 0 Å². The first kappa shape index (κ1) is 13.7. The Morgan fingerprint density at radius 2 is 2.05 bits per heavy atom. The molecule has 19 heavy (non-hydrogen) atoms. The van der Waals surface area contributed by atoms with E-state index in [0.29, 0.717) is 13.0 Å². The van der Waals surface area contributed by atoms with Gasteiger partial charge in [-0.05, 0) is 12.5 Å². The number of Topliss-reactive ketones (excluding diaryl/α,β-unsaturated/α-hetero) is 1. The third-order valence-corrected chi connectivity index (χ3v) is 3.64. The van der Waals surface area contributed by atoms with Gasteiger partial charge in [0.2, 0.25) is 0 Å². The van der Waals surface area contributed by atoms with Crippen molar-refractivity contribution in [2.45, 2.75) is 25.9 Å². The lowest BCUT2D eigenvalue weighted by Crippen LogP contribution is -2.48. The molecule has 102 valence electrons. The van der Waals surface area contributed by atoms with E-state index < -0.39 is 11.9 Å².